The van der Waals surface area contributed by atoms with E-state index in [4.69, 9.17) is 5.11 Å². The number of hydrogen-bond acceptors (Lipinski definition) is 2. The van der Waals surface area contributed by atoms with Crippen LogP contribution in [0.25, 0.3) is 0 Å². The van der Waals surface area contributed by atoms with E-state index in [9.17, 15) is 4.79 Å². The number of nitrogens with zero attached hydrogens (tertiary/aromatic N) is 1. The van der Waals surface area contributed by atoms with Gasteiger partial charge in [0.15, 0.2) is 12.4 Å². The van der Waals surface area contributed by atoms with Crippen molar-refractivity contribution < 1.29 is 14.5 Å². The van der Waals surface area contributed by atoms with E-state index in [2.05, 4.69) is 6.26 Å². The minimum Gasteiger partial charge on any atom is -0.477 e. The summed E-state index contributed by atoms with van der Waals surface area (Å²) in [6.45, 7) is -0.00556. The van der Waals surface area contributed by atoms with E-state index in [0.29, 0.717) is 0 Å². The second-order valence-corrected chi connectivity index (χ2v) is 3.01. The molecule has 0 aliphatic rings. The van der Waals surface area contributed by atoms with Gasteiger partial charge in [0.2, 0.25) is 6.54 Å². The normalized spacial score (nSPS) is 9.75. The van der Waals surface area contributed by atoms with E-state index < -0.39 is 5.97 Å². The molecule has 1 N–H and O–H groups in total. The zero-order valence-electron chi connectivity index (χ0n) is 6.43. The molecule has 0 aliphatic heterocycles. The standard InChI is InChI=1S/C8H8NO2S/c1-12-7-3-2-4-9(5-7)6-8(10)11/h2-5H,1,6H2/p+1. The number of pyridine rings is 1. The molecule has 0 saturated carbocycles. The van der Waals surface area contributed by atoms with E-state index in [1.165, 1.54) is 11.8 Å². The van der Waals surface area contributed by atoms with E-state index in [-0.39, 0.29) is 6.54 Å². The second kappa shape index (κ2) is 4.11. The van der Waals surface area contributed by atoms with Gasteiger partial charge in [0.05, 0.1) is 4.90 Å². The molecule has 63 valence electrons. The summed E-state index contributed by atoms with van der Waals surface area (Å²) in [6, 6.07) is 3.69. The highest BCUT2D eigenvalue weighted by atomic mass is 32.2. The van der Waals surface area contributed by atoms with Crippen LogP contribution in [0.4, 0.5) is 0 Å². The minimum atomic E-state index is -0.841. The molecule has 0 aromatic carbocycles. The third-order valence-electron chi connectivity index (χ3n) is 1.32. The van der Waals surface area contributed by atoms with E-state index in [1.54, 1.807) is 23.0 Å². The zero-order chi connectivity index (χ0) is 8.97. The molecule has 1 aromatic rings. The van der Waals surface area contributed by atoms with Crippen LogP contribution in [-0.2, 0) is 11.3 Å². The Bertz CT molecular complexity index is 288. The van der Waals surface area contributed by atoms with Gasteiger partial charge in [-0.2, -0.15) is 4.57 Å². The molecular weight excluding hydrogens is 174 g/mol. The van der Waals surface area contributed by atoms with Crippen molar-refractivity contribution in [3.05, 3.63) is 30.8 Å². The predicted octanol–water partition coefficient (Wildman–Crippen LogP) is 0.942. The van der Waals surface area contributed by atoms with Crippen molar-refractivity contribution in [2.24, 2.45) is 0 Å². The number of rotatable bonds is 3. The lowest BCUT2D eigenvalue weighted by Crippen LogP contribution is -2.37. The smallest absolute Gasteiger partial charge is 0.370 e. The number of carboxylic acids is 1. The van der Waals surface area contributed by atoms with Crippen molar-refractivity contribution in [2.45, 2.75) is 11.4 Å². The van der Waals surface area contributed by atoms with Gasteiger partial charge < -0.3 is 5.11 Å². The van der Waals surface area contributed by atoms with Crippen LogP contribution in [0.1, 0.15) is 0 Å². The van der Waals surface area contributed by atoms with Crippen LogP contribution >= 0.6 is 11.8 Å². The van der Waals surface area contributed by atoms with Gasteiger partial charge in [-0.1, -0.05) is 0 Å². The van der Waals surface area contributed by atoms with Gasteiger partial charge in [0.25, 0.3) is 0 Å². The number of thioether (sulfide) groups is 1. The molecule has 0 saturated heterocycles. The zero-order valence-corrected chi connectivity index (χ0v) is 7.25. The van der Waals surface area contributed by atoms with Crippen molar-refractivity contribution in [3.63, 3.8) is 0 Å². The third kappa shape index (κ3) is 2.54. The van der Waals surface area contributed by atoms with Crippen LogP contribution in [-0.4, -0.2) is 11.1 Å². The largest absolute Gasteiger partial charge is 0.477 e. The molecule has 0 aliphatic carbocycles. The first-order valence-electron chi connectivity index (χ1n) is 3.35. The summed E-state index contributed by atoms with van der Waals surface area (Å²) in [6.07, 6.45) is 7.10. The van der Waals surface area contributed by atoms with Gasteiger partial charge >= 0.3 is 5.97 Å². The Morgan fingerprint density at radius 1 is 1.75 bits per heavy atom. The minimum absolute atomic E-state index is 0.00556. The van der Waals surface area contributed by atoms with E-state index >= 15 is 0 Å². The molecule has 1 heterocycles. The molecule has 4 heteroatoms. The highest BCUT2D eigenvalue weighted by molar-refractivity contribution is 8.00. The lowest BCUT2D eigenvalue weighted by atomic mass is 10.5. The van der Waals surface area contributed by atoms with Crippen molar-refractivity contribution >= 4 is 17.7 Å². The molecule has 0 unspecified atom stereocenters. The highest BCUT2D eigenvalue weighted by Gasteiger charge is 2.06. The van der Waals surface area contributed by atoms with Gasteiger partial charge in [-0.3, -0.25) is 0 Å². The summed E-state index contributed by atoms with van der Waals surface area (Å²) in [7, 11) is 0. The lowest BCUT2D eigenvalue weighted by Gasteiger charge is -1.94. The van der Waals surface area contributed by atoms with Gasteiger partial charge in [-0.15, -0.1) is 11.8 Å². The monoisotopic (exact) mass is 183 g/mol. The molecule has 0 fully saturated rings. The fraction of sp³-hybridized carbons (Fsp3) is 0.125. The summed E-state index contributed by atoms with van der Waals surface area (Å²) in [4.78, 5) is 11.3. The lowest BCUT2D eigenvalue weighted by molar-refractivity contribution is -0.687. The summed E-state index contributed by atoms with van der Waals surface area (Å²) in [5.74, 6) is -0.841. The average molecular weight is 183 g/mol. The molecule has 0 amide bonds. The fourth-order valence-electron chi connectivity index (χ4n) is 0.838. The van der Waals surface area contributed by atoms with Crippen molar-refractivity contribution in [1.82, 2.24) is 0 Å². The molecule has 1 aromatic heterocycles. The van der Waals surface area contributed by atoms with Crippen LogP contribution < -0.4 is 4.57 Å². The molecule has 0 atom stereocenters. The number of aromatic nitrogens is 1. The van der Waals surface area contributed by atoms with Gasteiger partial charge in [0, 0.05) is 12.3 Å². The summed E-state index contributed by atoms with van der Waals surface area (Å²) in [5, 5.41) is 8.49. The van der Waals surface area contributed by atoms with Crippen LogP contribution in [0.3, 0.4) is 0 Å². The van der Waals surface area contributed by atoms with Gasteiger partial charge in [-0.05, 0) is 6.07 Å². The van der Waals surface area contributed by atoms with E-state index in [0.717, 1.165) is 4.90 Å². The SMILES string of the molecule is [CH2]Sc1ccc[n+](CC(=O)O)c1. The van der Waals surface area contributed by atoms with Crippen molar-refractivity contribution in [3.8, 4) is 0 Å². The fourth-order valence-corrected chi connectivity index (χ4v) is 1.22. The summed E-state index contributed by atoms with van der Waals surface area (Å²) in [5.41, 5.74) is 0. The molecular formula is C8H9NO2S+. The number of aliphatic carboxylic acids is 1. The third-order valence-corrected chi connectivity index (χ3v) is 1.89. The molecule has 1 rings (SSSR count). The molecule has 1 radical (unpaired) electrons. The van der Waals surface area contributed by atoms with Crippen LogP contribution in [0, 0.1) is 6.26 Å². The molecule has 0 spiro atoms. The Labute approximate surface area is 75.0 Å². The Balaban J connectivity index is 2.79. The topological polar surface area (TPSA) is 41.2 Å². The van der Waals surface area contributed by atoms with Crippen LogP contribution in [0.5, 0.6) is 0 Å². The van der Waals surface area contributed by atoms with Crippen molar-refractivity contribution in [1.29, 1.82) is 0 Å². The van der Waals surface area contributed by atoms with Crippen LogP contribution in [0.2, 0.25) is 0 Å². The Morgan fingerprint density at radius 3 is 3.08 bits per heavy atom. The highest BCUT2D eigenvalue weighted by Crippen LogP contribution is 2.11. The van der Waals surface area contributed by atoms with Crippen LogP contribution in [0.15, 0.2) is 29.4 Å². The Morgan fingerprint density at radius 2 is 2.50 bits per heavy atom. The summed E-state index contributed by atoms with van der Waals surface area (Å²) >= 11 is 1.35. The first-order chi connectivity index (χ1) is 5.72. The first kappa shape index (κ1) is 9.06. The maximum absolute atomic E-state index is 10.3. The Kier molecular flexibility index (Phi) is 3.10. The van der Waals surface area contributed by atoms with Gasteiger partial charge in [0.1, 0.15) is 0 Å². The molecule has 3 nitrogen and oxygen atoms in total. The average Bonchev–Trinajstić information content (AvgIpc) is 2.03. The number of carbonyl (C=O) groups is 1. The van der Waals surface area contributed by atoms with Crippen molar-refractivity contribution in [2.75, 3.05) is 0 Å². The van der Waals surface area contributed by atoms with E-state index in [1.807, 2.05) is 6.07 Å². The maximum atomic E-state index is 10.3. The quantitative estimate of drug-likeness (QED) is 0.560. The predicted molar refractivity (Wildman–Crippen MR) is 45.5 cm³/mol. The Hall–Kier alpha value is -1.03. The molecule has 0 bridgehead atoms. The summed E-state index contributed by atoms with van der Waals surface area (Å²) < 4.78 is 1.61. The molecule has 12 heavy (non-hydrogen) atoms. The second-order valence-electron chi connectivity index (χ2n) is 2.25. The number of carboxylic acid groups (broad SMARTS) is 1. The first-order valence-corrected chi connectivity index (χ1v) is 4.34. The maximum Gasteiger partial charge on any atom is 0.370 e. The van der Waals surface area contributed by atoms with Gasteiger partial charge in [-0.25, -0.2) is 4.79 Å². The number of hydrogen-bond donors (Lipinski definition) is 1.